The van der Waals surface area contributed by atoms with E-state index in [4.69, 9.17) is 16.3 Å². The molecule has 0 spiro atoms. The molecular weight excluding hydrogens is 312 g/mol. The van der Waals surface area contributed by atoms with Crippen LogP contribution >= 0.6 is 11.6 Å². The van der Waals surface area contributed by atoms with Crippen molar-refractivity contribution in [3.8, 4) is 0 Å². The summed E-state index contributed by atoms with van der Waals surface area (Å²) in [5, 5.41) is 3.38. The van der Waals surface area contributed by atoms with Gasteiger partial charge in [-0.2, -0.15) is 0 Å². The molecule has 7 heteroatoms. The Bertz CT molecular complexity index is 549. The van der Waals surface area contributed by atoms with E-state index in [1.165, 1.54) is 0 Å². The van der Waals surface area contributed by atoms with E-state index >= 15 is 0 Å². The second-order valence-corrected chi connectivity index (χ2v) is 7.10. The smallest absolute Gasteiger partial charge is 0.242 e. The highest BCUT2D eigenvalue weighted by Gasteiger charge is 2.19. The van der Waals surface area contributed by atoms with Crippen LogP contribution in [0.3, 0.4) is 0 Å². The predicted octanol–water partition coefficient (Wildman–Crippen LogP) is 2.01. The lowest BCUT2D eigenvalue weighted by Gasteiger charge is -2.13. The molecule has 0 saturated carbocycles. The summed E-state index contributed by atoms with van der Waals surface area (Å²) < 4.78 is 32.2. The van der Waals surface area contributed by atoms with Gasteiger partial charge in [0, 0.05) is 26.8 Å². The van der Waals surface area contributed by atoms with Crippen LogP contribution in [0.2, 0.25) is 5.02 Å². The fourth-order valence-corrected chi connectivity index (χ4v) is 3.52. The van der Waals surface area contributed by atoms with Gasteiger partial charge >= 0.3 is 0 Å². The molecule has 2 N–H and O–H groups in total. The molecule has 0 amide bonds. The van der Waals surface area contributed by atoms with Crippen molar-refractivity contribution >= 4 is 21.6 Å². The van der Waals surface area contributed by atoms with Crippen molar-refractivity contribution in [2.45, 2.75) is 25.3 Å². The van der Waals surface area contributed by atoms with Gasteiger partial charge in [-0.15, -0.1) is 0 Å². The largest absolute Gasteiger partial charge is 0.384 e. The van der Waals surface area contributed by atoms with Crippen molar-refractivity contribution in [1.29, 1.82) is 0 Å². The Labute approximate surface area is 132 Å². The first kappa shape index (κ1) is 18.4. The van der Waals surface area contributed by atoms with E-state index in [2.05, 4.69) is 10.0 Å². The normalized spacial score (nSPS) is 13.3. The van der Waals surface area contributed by atoms with Crippen LogP contribution in [0.5, 0.6) is 0 Å². The standard InChI is InChI=1S/C14H23ClN2O3S/c1-4-16-9-12-5-6-13(15)14(7-12)21(18,19)17-8-11(2)10-20-3/h5-7,11,16-17H,4,8-10H2,1-3H3. The van der Waals surface area contributed by atoms with Gasteiger partial charge in [-0.25, -0.2) is 13.1 Å². The Morgan fingerprint density at radius 3 is 2.71 bits per heavy atom. The summed E-state index contributed by atoms with van der Waals surface area (Å²) >= 11 is 6.03. The van der Waals surface area contributed by atoms with Crippen molar-refractivity contribution in [1.82, 2.24) is 10.0 Å². The second-order valence-electron chi connectivity index (χ2n) is 4.96. The van der Waals surface area contributed by atoms with E-state index in [9.17, 15) is 8.42 Å². The van der Waals surface area contributed by atoms with Crippen molar-refractivity contribution < 1.29 is 13.2 Å². The lowest BCUT2D eigenvalue weighted by atomic mass is 10.2. The third-order valence-electron chi connectivity index (χ3n) is 2.94. The number of ether oxygens (including phenoxy) is 1. The summed E-state index contributed by atoms with van der Waals surface area (Å²) in [4.78, 5) is 0.115. The molecule has 0 aromatic heterocycles. The van der Waals surface area contributed by atoms with Gasteiger partial charge in [0.25, 0.3) is 0 Å². The zero-order valence-electron chi connectivity index (χ0n) is 12.6. The summed E-state index contributed by atoms with van der Waals surface area (Å²) in [5.41, 5.74) is 0.881. The Balaban J connectivity index is 2.86. The predicted molar refractivity (Wildman–Crippen MR) is 85.1 cm³/mol. The van der Waals surface area contributed by atoms with Crippen molar-refractivity contribution in [3.63, 3.8) is 0 Å². The molecule has 1 aromatic carbocycles. The van der Waals surface area contributed by atoms with Gasteiger partial charge in [0.15, 0.2) is 0 Å². The van der Waals surface area contributed by atoms with Crippen LogP contribution in [-0.4, -0.2) is 35.2 Å². The number of nitrogens with one attached hydrogen (secondary N) is 2. The lowest BCUT2D eigenvalue weighted by Crippen LogP contribution is -2.30. The Morgan fingerprint density at radius 1 is 1.38 bits per heavy atom. The first-order valence-corrected chi connectivity index (χ1v) is 8.74. The Hall–Kier alpha value is -0.660. The summed E-state index contributed by atoms with van der Waals surface area (Å²) in [6.45, 7) is 6.13. The molecule has 0 heterocycles. The Morgan fingerprint density at radius 2 is 2.10 bits per heavy atom. The molecule has 1 unspecified atom stereocenters. The number of hydrogen-bond donors (Lipinski definition) is 2. The van der Waals surface area contributed by atoms with E-state index < -0.39 is 10.0 Å². The average Bonchev–Trinajstić information content (AvgIpc) is 2.44. The minimum absolute atomic E-state index is 0.0912. The topological polar surface area (TPSA) is 67.4 Å². The summed E-state index contributed by atoms with van der Waals surface area (Å²) in [6.07, 6.45) is 0. The monoisotopic (exact) mass is 334 g/mol. The van der Waals surface area contributed by atoms with Gasteiger partial charge in [0.05, 0.1) is 5.02 Å². The summed E-state index contributed by atoms with van der Waals surface area (Å²) in [6, 6.07) is 5.03. The van der Waals surface area contributed by atoms with Gasteiger partial charge in [0.1, 0.15) is 4.90 Å². The first-order chi connectivity index (χ1) is 9.90. The first-order valence-electron chi connectivity index (χ1n) is 6.88. The van der Waals surface area contributed by atoms with Gasteiger partial charge in [-0.3, -0.25) is 0 Å². The molecule has 120 valence electrons. The maximum atomic E-state index is 12.3. The van der Waals surface area contributed by atoms with Crippen LogP contribution < -0.4 is 10.0 Å². The summed E-state index contributed by atoms with van der Waals surface area (Å²) in [7, 11) is -2.03. The number of methoxy groups -OCH3 is 1. The molecule has 0 bridgehead atoms. The molecule has 0 saturated heterocycles. The molecule has 0 aliphatic rings. The van der Waals surface area contributed by atoms with Crippen LogP contribution in [0.1, 0.15) is 19.4 Å². The molecule has 1 rings (SSSR count). The minimum atomic E-state index is -3.62. The molecular formula is C14H23ClN2O3S. The summed E-state index contributed by atoms with van der Waals surface area (Å²) in [5.74, 6) is 0.0912. The minimum Gasteiger partial charge on any atom is -0.384 e. The molecule has 0 radical (unpaired) electrons. The maximum absolute atomic E-state index is 12.3. The van der Waals surface area contributed by atoms with Crippen LogP contribution in [-0.2, 0) is 21.3 Å². The molecule has 21 heavy (non-hydrogen) atoms. The molecule has 1 aromatic rings. The molecule has 0 aliphatic heterocycles. The maximum Gasteiger partial charge on any atom is 0.242 e. The highest BCUT2D eigenvalue weighted by molar-refractivity contribution is 7.89. The van der Waals surface area contributed by atoms with Gasteiger partial charge in [-0.1, -0.05) is 31.5 Å². The van der Waals surface area contributed by atoms with E-state index in [-0.39, 0.29) is 15.8 Å². The van der Waals surface area contributed by atoms with Crippen molar-refractivity contribution in [2.24, 2.45) is 5.92 Å². The van der Waals surface area contributed by atoms with Gasteiger partial charge in [0.2, 0.25) is 10.0 Å². The van der Waals surface area contributed by atoms with Crippen molar-refractivity contribution in [3.05, 3.63) is 28.8 Å². The lowest BCUT2D eigenvalue weighted by molar-refractivity contribution is 0.161. The van der Waals surface area contributed by atoms with E-state index in [1.807, 2.05) is 19.9 Å². The molecule has 1 atom stereocenters. The highest BCUT2D eigenvalue weighted by atomic mass is 35.5. The highest BCUT2D eigenvalue weighted by Crippen LogP contribution is 2.22. The SMILES string of the molecule is CCNCc1ccc(Cl)c(S(=O)(=O)NCC(C)COC)c1. The molecule has 0 aliphatic carbocycles. The Kier molecular flexibility index (Phi) is 7.62. The van der Waals surface area contributed by atoms with E-state index in [1.54, 1.807) is 19.2 Å². The van der Waals surface area contributed by atoms with Crippen LogP contribution in [0.25, 0.3) is 0 Å². The number of halogens is 1. The fraction of sp³-hybridized carbons (Fsp3) is 0.571. The van der Waals surface area contributed by atoms with E-state index in [0.29, 0.717) is 19.7 Å². The number of benzene rings is 1. The molecule has 0 fully saturated rings. The zero-order chi connectivity index (χ0) is 15.9. The quantitative estimate of drug-likeness (QED) is 0.725. The fourth-order valence-electron chi connectivity index (χ4n) is 1.81. The number of hydrogen-bond acceptors (Lipinski definition) is 4. The average molecular weight is 335 g/mol. The second kappa shape index (κ2) is 8.70. The van der Waals surface area contributed by atoms with Crippen molar-refractivity contribution in [2.75, 3.05) is 26.8 Å². The number of rotatable bonds is 9. The van der Waals surface area contributed by atoms with Gasteiger partial charge in [-0.05, 0) is 30.2 Å². The van der Waals surface area contributed by atoms with Crippen LogP contribution in [0, 0.1) is 5.92 Å². The van der Waals surface area contributed by atoms with Crippen LogP contribution in [0.15, 0.2) is 23.1 Å². The number of sulfonamides is 1. The third-order valence-corrected chi connectivity index (χ3v) is 4.84. The zero-order valence-corrected chi connectivity index (χ0v) is 14.2. The van der Waals surface area contributed by atoms with Crippen LogP contribution in [0.4, 0.5) is 0 Å². The van der Waals surface area contributed by atoms with Gasteiger partial charge < -0.3 is 10.1 Å². The van der Waals surface area contributed by atoms with E-state index in [0.717, 1.165) is 12.1 Å². The third kappa shape index (κ3) is 5.92. The molecule has 5 nitrogen and oxygen atoms in total.